The van der Waals surface area contributed by atoms with Crippen molar-refractivity contribution in [1.82, 2.24) is 29.5 Å². The normalized spacial score (nSPS) is 11.8. The number of thiophene rings is 1. The van der Waals surface area contributed by atoms with Gasteiger partial charge in [-0.15, -0.1) is 0 Å². The fourth-order valence-electron chi connectivity index (χ4n) is 4.40. The molecule has 44 heavy (non-hydrogen) atoms. The van der Waals surface area contributed by atoms with Crippen LogP contribution in [0.3, 0.4) is 0 Å². The molecule has 220 valence electrons. The van der Waals surface area contributed by atoms with Gasteiger partial charge in [-0.25, -0.2) is 17.8 Å². The van der Waals surface area contributed by atoms with E-state index in [9.17, 15) is 8.42 Å². The number of hydrogen-bond donors (Lipinski definition) is 3. The van der Waals surface area contributed by atoms with Gasteiger partial charge in [-0.3, -0.25) is 10.4 Å². The zero-order valence-electron chi connectivity index (χ0n) is 23.7. The van der Waals surface area contributed by atoms with E-state index in [-0.39, 0.29) is 4.90 Å². The average Bonchev–Trinajstić information content (AvgIpc) is 3.78. The number of nitrogens with zero attached hydrogens (tertiary/aromatic N) is 6. The third kappa shape index (κ3) is 6.24. The molecule has 6 aromatic rings. The molecular weight excluding hydrogens is 595 g/mol. The fourth-order valence-corrected chi connectivity index (χ4v) is 5.78. The molecule has 13 heteroatoms. The lowest BCUT2D eigenvalue weighted by Crippen LogP contribution is -2.18. The third-order valence-electron chi connectivity index (χ3n) is 6.72. The molecule has 0 fully saturated rings. The summed E-state index contributed by atoms with van der Waals surface area (Å²) >= 11 is 1.56. The fraction of sp³-hybridized carbons (Fsp3) is 0.0645. The van der Waals surface area contributed by atoms with Crippen molar-refractivity contribution < 1.29 is 8.42 Å². The van der Waals surface area contributed by atoms with Gasteiger partial charge in [0.2, 0.25) is 16.0 Å². The monoisotopic (exact) mass is 621 g/mol. The predicted molar refractivity (Wildman–Crippen MR) is 174 cm³/mol. The second kappa shape index (κ2) is 12.6. The Bertz CT molecular complexity index is 2010. The van der Waals surface area contributed by atoms with Crippen molar-refractivity contribution in [3.05, 3.63) is 114 Å². The van der Waals surface area contributed by atoms with Gasteiger partial charge in [-0.05, 0) is 83.9 Å². The van der Waals surface area contributed by atoms with Crippen molar-refractivity contribution in [2.24, 2.45) is 5.10 Å². The molecule has 0 aliphatic rings. The molecule has 3 N–H and O–H groups in total. The van der Waals surface area contributed by atoms with Gasteiger partial charge in [-0.2, -0.15) is 31.5 Å². The van der Waals surface area contributed by atoms with E-state index < -0.39 is 10.0 Å². The van der Waals surface area contributed by atoms with Crippen LogP contribution in [0.15, 0.2) is 118 Å². The number of anilines is 3. The van der Waals surface area contributed by atoms with Gasteiger partial charge in [0.25, 0.3) is 0 Å². The maximum Gasteiger partial charge on any atom is 0.240 e. The summed E-state index contributed by atoms with van der Waals surface area (Å²) in [5, 5.41) is 16.6. The van der Waals surface area contributed by atoms with Crippen molar-refractivity contribution in [1.29, 1.82) is 0 Å². The van der Waals surface area contributed by atoms with Crippen LogP contribution >= 0.6 is 11.3 Å². The first kappa shape index (κ1) is 28.9. The summed E-state index contributed by atoms with van der Waals surface area (Å²) in [6.07, 6.45) is 7.18. The number of aromatic nitrogens is 5. The lowest BCUT2D eigenvalue weighted by atomic mass is 10.1. The van der Waals surface area contributed by atoms with Crippen LogP contribution < -0.4 is 15.5 Å². The van der Waals surface area contributed by atoms with Gasteiger partial charge in [0.1, 0.15) is 0 Å². The van der Waals surface area contributed by atoms with E-state index >= 15 is 0 Å². The van der Waals surface area contributed by atoms with Gasteiger partial charge in [0, 0.05) is 29.8 Å². The summed E-state index contributed by atoms with van der Waals surface area (Å²) in [7, 11) is -2.16. The van der Waals surface area contributed by atoms with E-state index in [0.717, 1.165) is 27.9 Å². The topological polar surface area (TPSA) is 139 Å². The van der Waals surface area contributed by atoms with Gasteiger partial charge in [0.15, 0.2) is 11.6 Å². The van der Waals surface area contributed by atoms with E-state index in [4.69, 9.17) is 9.97 Å². The van der Waals surface area contributed by atoms with E-state index in [0.29, 0.717) is 28.9 Å². The zero-order valence-corrected chi connectivity index (χ0v) is 25.3. The minimum atomic E-state index is -3.54. The maximum absolute atomic E-state index is 12.2. The SMILES string of the molecule is CNS(=O)(=O)c1ccc(C(C)=NNc2nc(Nc3ccccc3)nc(-n3cc(-c4ccncc4)cn3)c2-c2ccsc2)cc1. The van der Waals surface area contributed by atoms with Crippen molar-refractivity contribution in [2.45, 2.75) is 11.8 Å². The summed E-state index contributed by atoms with van der Waals surface area (Å²) in [6, 6.07) is 22.0. The Balaban J connectivity index is 1.44. The predicted octanol–water partition coefficient (Wildman–Crippen LogP) is 5.94. The number of pyridine rings is 1. The van der Waals surface area contributed by atoms with Crippen molar-refractivity contribution in [2.75, 3.05) is 17.8 Å². The molecule has 0 aliphatic carbocycles. The Labute approximate surface area is 258 Å². The molecule has 0 spiro atoms. The first-order valence-corrected chi connectivity index (χ1v) is 15.9. The number of hydrogen-bond acceptors (Lipinski definition) is 10. The Hall–Kier alpha value is -5.24. The molecule has 0 aliphatic heterocycles. The van der Waals surface area contributed by atoms with Crippen molar-refractivity contribution in [3.8, 4) is 28.1 Å². The first-order chi connectivity index (χ1) is 21.4. The molecule has 6 rings (SSSR count). The maximum atomic E-state index is 12.2. The molecule has 4 heterocycles. The molecular formula is C31H27N9O2S2. The molecule has 4 aromatic heterocycles. The minimum absolute atomic E-state index is 0.173. The van der Waals surface area contributed by atoms with E-state index in [2.05, 4.69) is 30.6 Å². The molecule has 11 nitrogen and oxygen atoms in total. The third-order valence-corrected chi connectivity index (χ3v) is 8.84. The van der Waals surface area contributed by atoms with Gasteiger partial charge >= 0.3 is 0 Å². The zero-order chi connectivity index (χ0) is 30.5. The minimum Gasteiger partial charge on any atom is -0.324 e. The van der Waals surface area contributed by atoms with Crippen LogP contribution in [0.4, 0.5) is 17.5 Å². The van der Waals surface area contributed by atoms with Crippen LogP contribution in [0.1, 0.15) is 12.5 Å². The van der Waals surface area contributed by atoms with Crippen LogP contribution in [0.2, 0.25) is 0 Å². The molecule has 0 unspecified atom stereocenters. The number of rotatable bonds is 10. The van der Waals surface area contributed by atoms with Gasteiger partial charge in [-0.1, -0.05) is 30.3 Å². The van der Waals surface area contributed by atoms with E-state index in [1.807, 2.05) is 72.4 Å². The van der Waals surface area contributed by atoms with Crippen LogP contribution in [0.5, 0.6) is 0 Å². The molecule has 0 saturated heterocycles. The van der Waals surface area contributed by atoms with Crippen LogP contribution in [0, 0.1) is 0 Å². The van der Waals surface area contributed by atoms with Crippen molar-refractivity contribution >= 4 is 44.5 Å². The van der Waals surface area contributed by atoms with E-state index in [1.54, 1.807) is 58.9 Å². The number of benzene rings is 2. The highest BCUT2D eigenvalue weighted by Gasteiger charge is 2.20. The number of para-hydroxylation sites is 1. The van der Waals surface area contributed by atoms with E-state index in [1.165, 1.54) is 7.05 Å². The highest BCUT2D eigenvalue weighted by molar-refractivity contribution is 7.89. The Morgan fingerprint density at radius 2 is 1.68 bits per heavy atom. The lowest BCUT2D eigenvalue weighted by Gasteiger charge is -2.15. The summed E-state index contributed by atoms with van der Waals surface area (Å²) in [6.45, 7) is 1.83. The van der Waals surface area contributed by atoms with Gasteiger partial charge < -0.3 is 5.32 Å². The standard InChI is InChI=1S/C31H27N9O2S2/c1-21(22-8-10-27(11-9-22)44(41,42)32-2)38-39-29-28(24-14-17-43-20-24)30(37-31(36-29)35-26-6-4-3-5-7-26)40-19-25(18-34-40)23-12-15-33-16-13-23/h3-20,32H,1-2H3,(H2,35,36,37,39). The number of nitrogens with one attached hydrogen (secondary N) is 3. The average molecular weight is 622 g/mol. The number of hydrazone groups is 1. The largest absolute Gasteiger partial charge is 0.324 e. The summed E-state index contributed by atoms with van der Waals surface area (Å²) in [5.41, 5.74) is 8.85. The second-order valence-electron chi connectivity index (χ2n) is 9.55. The second-order valence-corrected chi connectivity index (χ2v) is 12.2. The Morgan fingerprint density at radius 3 is 2.39 bits per heavy atom. The molecule has 0 amide bonds. The molecule has 0 saturated carbocycles. The van der Waals surface area contributed by atoms with Gasteiger partial charge in [0.05, 0.1) is 22.4 Å². The lowest BCUT2D eigenvalue weighted by molar-refractivity contribution is 0.588. The molecule has 2 aromatic carbocycles. The summed E-state index contributed by atoms with van der Waals surface area (Å²) < 4.78 is 28.4. The molecule has 0 radical (unpaired) electrons. The highest BCUT2D eigenvalue weighted by Crippen LogP contribution is 2.35. The van der Waals surface area contributed by atoms with Crippen LogP contribution in [-0.4, -0.2) is 45.9 Å². The first-order valence-electron chi connectivity index (χ1n) is 13.5. The van der Waals surface area contributed by atoms with Crippen molar-refractivity contribution in [3.63, 3.8) is 0 Å². The smallest absolute Gasteiger partial charge is 0.240 e. The molecule has 0 atom stereocenters. The quantitative estimate of drug-likeness (QED) is 0.126. The highest BCUT2D eigenvalue weighted by atomic mass is 32.2. The number of sulfonamides is 1. The molecule has 0 bridgehead atoms. The Kier molecular flexibility index (Phi) is 8.23. The van der Waals surface area contributed by atoms with Crippen LogP contribution in [0.25, 0.3) is 28.1 Å². The summed E-state index contributed by atoms with van der Waals surface area (Å²) in [5.74, 6) is 1.36. The summed E-state index contributed by atoms with van der Waals surface area (Å²) in [4.78, 5) is 14.0. The van der Waals surface area contributed by atoms with Crippen LogP contribution in [-0.2, 0) is 10.0 Å². The Morgan fingerprint density at radius 1 is 0.909 bits per heavy atom.